The van der Waals surface area contributed by atoms with E-state index >= 15 is 0 Å². The summed E-state index contributed by atoms with van der Waals surface area (Å²) >= 11 is 12.1. The molecule has 216 valence electrons. The Bertz CT molecular complexity index is 1710. The predicted octanol–water partition coefficient (Wildman–Crippen LogP) is 4.75. The summed E-state index contributed by atoms with van der Waals surface area (Å²) < 4.78 is 42.5. The number of nitrogens with one attached hydrogen (secondary N) is 2. The van der Waals surface area contributed by atoms with Crippen molar-refractivity contribution in [2.75, 3.05) is 13.1 Å². The first-order valence-corrected chi connectivity index (χ1v) is 14.5. The van der Waals surface area contributed by atoms with Gasteiger partial charge in [0, 0.05) is 42.2 Å². The van der Waals surface area contributed by atoms with E-state index in [4.69, 9.17) is 23.2 Å². The molecule has 0 saturated carbocycles. The molecule has 4 rings (SSSR count). The third-order valence-electron chi connectivity index (χ3n) is 6.42. The number of hydrogen-bond acceptors (Lipinski definition) is 6. The van der Waals surface area contributed by atoms with Gasteiger partial charge >= 0.3 is 0 Å². The maximum Gasteiger partial charge on any atom is 0.251 e. The van der Waals surface area contributed by atoms with Gasteiger partial charge in [0.25, 0.3) is 11.5 Å². The SMILES string of the molecule is CC1(CN(Cc2ccc(F)cc2)S(=O)(=O)c2cc(Cl)cc(Cl)c2O)C=C(CNC(=O)c2cc(O)[nH]c(=O)c2)C=CC1. The van der Waals surface area contributed by atoms with Crippen molar-refractivity contribution in [1.29, 1.82) is 0 Å². The fourth-order valence-corrected chi connectivity index (χ4v) is 6.81. The first kappa shape index (κ1) is 30.3. The van der Waals surface area contributed by atoms with Crippen molar-refractivity contribution in [3.05, 3.63) is 110 Å². The molecule has 1 aliphatic carbocycles. The summed E-state index contributed by atoms with van der Waals surface area (Å²) in [7, 11) is -4.37. The number of pyridine rings is 1. The van der Waals surface area contributed by atoms with Crippen LogP contribution in [-0.4, -0.2) is 46.9 Å². The second-order valence-electron chi connectivity index (χ2n) is 9.91. The van der Waals surface area contributed by atoms with Gasteiger partial charge in [0.1, 0.15) is 10.7 Å². The van der Waals surface area contributed by atoms with Gasteiger partial charge < -0.3 is 15.5 Å². The highest BCUT2D eigenvalue weighted by molar-refractivity contribution is 7.89. The van der Waals surface area contributed by atoms with Gasteiger partial charge in [0.2, 0.25) is 10.0 Å². The number of phenolic OH excluding ortho intramolecular Hbond substituents is 1. The zero-order valence-corrected chi connectivity index (χ0v) is 24.0. The second-order valence-corrected chi connectivity index (χ2v) is 12.7. The van der Waals surface area contributed by atoms with E-state index in [0.717, 1.165) is 22.5 Å². The number of aromatic hydroxyl groups is 2. The molecule has 2 aromatic carbocycles. The number of allylic oxidation sites excluding steroid dienone is 1. The molecular weight excluding hydrogens is 596 g/mol. The Labute approximate surface area is 245 Å². The number of aromatic amines is 1. The Morgan fingerprint density at radius 2 is 1.85 bits per heavy atom. The van der Waals surface area contributed by atoms with Crippen LogP contribution in [0.3, 0.4) is 0 Å². The highest BCUT2D eigenvalue weighted by Gasteiger charge is 2.35. The highest BCUT2D eigenvalue weighted by Crippen LogP contribution is 2.38. The van der Waals surface area contributed by atoms with Gasteiger partial charge in [-0.1, -0.05) is 60.5 Å². The largest absolute Gasteiger partial charge is 0.505 e. The molecule has 0 fully saturated rings. The van der Waals surface area contributed by atoms with Gasteiger partial charge in [-0.15, -0.1) is 0 Å². The smallest absolute Gasteiger partial charge is 0.251 e. The van der Waals surface area contributed by atoms with Gasteiger partial charge in [-0.2, -0.15) is 4.31 Å². The van der Waals surface area contributed by atoms with E-state index in [0.29, 0.717) is 17.6 Å². The number of benzene rings is 2. The summed E-state index contributed by atoms with van der Waals surface area (Å²) in [5.41, 5.74) is -0.230. The van der Waals surface area contributed by atoms with E-state index in [-0.39, 0.29) is 35.2 Å². The summed E-state index contributed by atoms with van der Waals surface area (Å²) in [5, 5.41) is 22.6. The molecule has 13 heteroatoms. The van der Waals surface area contributed by atoms with Crippen molar-refractivity contribution >= 4 is 39.1 Å². The van der Waals surface area contributed by atoms with E-state index in [1.807, 2.05) is 19.1 Å². The number of nitrogens with zero attached hydrogens (tertiary/aromatic N) is 1. The van der Waals surface area contributed by atoms with E-state index in [2.05, 4.69) is 10.3 Å². The second kappa shape index (κ2) is 12.1. The first-order valence-electron chi connectivity index (χ1n) is 12.3. The number of sulfonamides is 1. The molecule has 0 spiro atoms. The van der Waals surface area contributed by atoms with Crippen LogP contribution in [0.15, 0.2) is 82.0 Å². The predicted molar refractivity (Wildman–Crippen MR) is 153 cm³/mol. The monoisotopic (exact) mass is 621 g/mol. The molecule has 1 heterocycles. The minimum atomic E-state index is -4.37. The topological polar surface area (TPSA) is 140 Å². The minimum absolute atomic E-state index is 0.0200. The summed E-state index contributed by atoms with van der Waals surface area (Å²) in [5.74, 6) is -2.14. The summed E-state index contributed by atoms with van der Waals surface area (Å²) in [4.78, 5) is 25.8. The third-order valence-corrected chi connectivity index (χ3v) is 8.73. The van der Waals surface area contributed by atoms with Gasteiger partial charge in [-0.05, 0) is 41.8 Å². The Kier molecular flexibility index (Phi) is 8.93. The average Bonchev–Trinajstić information content (AvgIpc) is 2.89. The number of halogens is 3. The quantitative estimate of drug-likeness (QED) is 0.272. The summed E-state index contributed by atoms with van der Waals surface area (Å²) in [6, 6.07) is 9.90. The van der Waals surface area contributed by atoms with Crippen LogP contribution >= 0.6 is 23.2 Å². The van der Waals surface area contributed by atoms with Crippen molar-refractivity contribution in [2.24, 2.45) is 5.41 Å². The molecule has 4 N–H and O–H groups in total. The number of H-pyrrole nitrogens is 1. The standard InChI is InChI=1S/C28H26Cl2FN3O6S/c1-28(8-2-3-18(13-28)14-32-27(38)19-9-24(35)33-25(36)10-19)16-34(15-17-4-6-21(31)7-5-17)41(39,40)23-12-20(29)11-22(30)26(23)37/h2-7,9-13,37H,8,14-16H2,1H3,(H,32,38)(H2,33,35,36). The Morgan fingerprint density at radius 1 is 1.15 bits per heavy atom. The van der Waals surface area contributed by atoms with E-state index in [1.165, 1.54) is 30.3 Å². The lowest BCUT2D eigenvalue weighted by atomic mass is 9.81. The average molecular weight is 623 g/mol. The van der Waals surface area contributed by atoms with E-state index < -0.39 is 49.2 Å². The lowest BCUT2D eigenvalue weighted by Gasteiger charge is -2.34. The van der Waals surface area contributed by atoms with Gasteiger partial charge in [-0.25, -0.2) is 12.8 Å². The number of carbonyl (C=O) groups is 1. The zero-order chi connectivity index (χ0) is 29.9. The van der Waals surface area contributed by atoms with Crippen LogP contribution in [0.25, 0.3) is 0 Å². The Morgan fingerprint density at radius 3 is 2.54 bits per heavy atom. The molecule has 1 atom stereocenters. The summed E-state index contributed by atoms with van der Waals surface area (Å²) in [6.07, 6.45) is 5.92. The van der Waals surface area contributed by atoms with Gasteiger partial charge in [0.15, 0.2) is 11.6 Å². The molecule has 3 aromatic rings. The molecule has 0 radical (unpaired) electrons. The molecule has 1 amide bonds. The normalized spacial score (nSPS) is 17.0. The molecule has 1 aromatic heterocycles. The Balaban J connectivity index is 1.62. The highest BCUT2D eigenvalue weighted by atomic mass is 35.5. The van der Waals surface area contributed by atoms with E-state index in [1.54, 1.807) is 6.08 Å². The number of carbonyl (C=O) groups excluding carboxylic acids is 1. The third kappa shape index (κ3) is 7.36. The molecule has 0 saturated heterocycles. The first-order chi connectivity index (χ1) is 19.3. The number of phenols is 1. The van der Waals surface area contributed by atoms with Crippen LogP contribution in [0, 0.1) is 11.2 Å². The number of aromatic nitrogens is 1. The van der Waals surface area contributed by atoms with Crippen LogP contribution in [-0.2, 0) is 16.6 Å². The number of amides is 1. The van der Waals surface area contributed by atoms with Crippen molar-refractivity contribution < 1.29 is 27.8 Å². The molecule has 0 aliphatic heterocycles. The van der Waals surface area contributed by atoms with Gasteiger partial charge in [0.05, 0.1) is 10.6 Å². The molecule has 1 aliphatic rings. The molecule has 9 nitrogen and oxygen atoms in total. The van der Waals surface area contributed by atoms with Crippen molar-refractivity contribution in [2.45, 2.75) is 24.8 Å². The summed E-state index contributed by atoms with van der Waals surface area (Å²) in [6.45, 7) is 1.70. The van der Waals surface area contributed by atoms with Crippen LogP contribution in [0.1, 0.15) is 29.3 Å². The van der Waals surface area contributed by atoms with Crippen LogP contribution in [0.4, 0.5) is 4.39 Å². The number of hydrogen-bond donors (Lipinski definition) is 4. The van der Waals surface area contributed by atoms with Crippen molar-refractivity contribution in [3.63, 3.8) is 0 Å². The number of rotatable bonds is 9. The lowest BCUT2D eigenvalue weighted by Crippen LogP contribution is -2.40. The fourth-order valence-electron chi connectivity index (χ4n) is 4.50. The maximum absolute atomic E-state index is 13.9. The fraction of sp³-hybridized carbons (Fsp3) is 0.214. The molecule has 1 unspecified atom stereocenters. The van der Waals surface area contributed by atoms with Crippen LogP contribution in [0.5, 0.6) is 11.6 Å². The van der Waals surface area contributed by atoms with Crippen molar-refractivity contribution in [3.8, 4) is 11.6 Å². The van der Waals surface area contributed by atoms with E-state index in [9.17, 15) is 32.6 Å². The van der Waals surface area contributed by atoms with Crippen molar-refractivity contribution in [1.82, 2.24) is 14.6 Å². The molecule has 0 bridgehead atoms. The minimum Gasteiger partial charge on any atom is -0.505 e. The maximum atomic E-state index is 13.9. The van der Waals surface area contributed by atoms with Gasteiger partial charge in [-0.3, -0.25) is 14.6 Å². The zero-order valence-electron chi connectivity index (χ0n) is 21.7. The lowest BCUT2D eigenvalue weighted by molar-refractivity contribution is 0.0956. The Hall–Kier alpha value is -3.64. The molecular formula is C28H26Cl2FN3O6S. The molecule has 41 heavy (non-hydrogen) atoms. The van der Waals surface area contributed by atoms with Crippen LogP contribution < -0.4 is 10.9 Å². The van der Waals surface area contributed by atoms with Crippen LogP contribution in [0.2, 0.25) is 10.0 Å².